The highest BCUT2D eigenvalue weighted by molar-refractivity contribution is 6.04. The summed E-state index contributed by atoms with van der Waals surface area (Å²) >= 11 is 0. The number of ether oxygens (including phenoxy) is 2. The van der Waals surface area contributed by atoms with Crippen molar-refractivity contribution in [2.24, 2.45) is 5.92 Å². The zero-order chi connectivity index (χ0) is 22.4. The van der Waals surface area contributed by atoms with Crippen LogP contribution in [0.5, 0.6) is 17.5 Å². The van der Waals surface area contributed by atoms with E-state index in [4.69, 9.17) is 15.9 Å². The number of terminal acetylenes is 1. The molecule has 32 heavy (non-hydrogen) atoms. The largest absolute Gasteiger partial charge is 0.508 e. The fourth-order valence-corrected chi connectivity index (χ4v) is 3.80. The van der Waals surface area contributed by atoms with Crippen molar-refractivity contribution in [2.45, 2.75) is 12.8 Å². The van der Waals surface area contributed by atoms with Crippen molar-refractivity contribution in [3.63, 3.8) is 0 Å². The molecular formula is C25H18F2N2O3. The van der Waals surface area contributed by atoms with Crippen molar-refractivity contribution in [3.8, 4) is 41.0 Å². The Balaban J connectivity index is 1.84. The highest BCUT2D eigenvalue weighted by Crippen LogP contribution is 2.42. The van der Waals surface area contributed by atoms with Crippen LogP contribution in [0.3, 0.4) is 0 Å². The molecule has 1 fully saturated rings. The van der Waals surface area contributed by atoms with E-state index in [-0.39, 0.29) is 34.0 Å². The number of hydrogen-bond donors (Lipinski definition) is 1. The molecule has 5 rings (SSSR count). The van der Waals surface area contributed by atoms with E-state index in [9.17, 15) is 9.50 Å². The molecule has 1 N–H and O–H groups in total. The molecule has 7 heteroatoms. The van der Waals surface area contributed by atoms with Crippen molar-refractivity contribution in [1.82, 2.24) is 9.97 Å². The van der Waals surface area contributed by atoms with Crippen LogP contribution in [0.25, 0.3) is 32.8 Å². The van der Waals surface area contributed by atoms with Crippen molar-refractivity contribution < 1.29 is 23.4 Å². The quantitative estimate of drug-likeness (QED) is 0.439. The van der Waals surface area contributed by atoms with Crippen molar-refractivity contribution in [2.75, 3.05) is 13.7 Å². The highest BCUT2D eigenvalue weighted by Gasteiger charge is 2.25. The van der Waals surface area contributed by atoms with Gasteiger partial charge >= 0.3 is 6.01 Å². The first-order chi connectivity index (χ1) is 15.5. The Morgan fingerprint density at radius 1 is 1.19 bits per heavy atom. The lowest BCUT2D eigenvalue weighted by Crippen LogP contribution is -2.03. The number of methoxy groups -OCH3 is 1. The van der Waals surface area contributed by atoms with Crippen LogP contribution in [0, 0.1) is 29.9 Å². The second-order valence-corrected chi connectivity index (χ2v) is 7.77. The summed E-state index contributed by atoms with van der Waals surface area (Å²) in [7, 11) is 1.39. The van der Waals surface area contributed by atoms with Crippen LogP contribution in [0.2, 0.25) is 0 Å². The summed E-state index contributed by atoms with van der Waals surface area (Å²) in [5.74, 6) is 1.80. The number of hydrogen-bond acceptors (Lipinski definition) is 5. The Morgan fingerprint density at radius 3 is 2.72 bits per heavy atom. The molecule has 1 saturated carbocycles. The molecule has 1 heterocycles. The van der Waals surface area contributed by atoms with E-state index in [0.717, 1.165) is 12.8 Å². The molecule has 1 aliphatic rings. The van der Waals surface area contributed by atoms with Gasteiger partial charge in [0.05, 0.1) is 24.7 Å². The molecule has 0 atom stereocenters. The Morgan fingerprint density at radius 2 is 2.00 bits per heavy atom. The van der Waals surface area contributed by atoms with E-state index >= 15 is 4.39 Å². The number of phenols is 1. The van der Waals surface area contributed by atoms with E-state index in [1.165, 1.54) is 43.6 Å². The maximum absolute atomic E-state index is 15.8. The minimum Gasteiger partial charge on any atom is -0.508 e. The molecule has 0 unspecified atom stereocenters. The maximum Gasteiger partial charge on any atom is 0.316 e. The third-order valence-electron chi connectivity index (χ3n) is 5.59. The van der Waals surface area contributed by atoms with E-state index in [1.807, 2.05) is 0 Å². The van der Waals surface area contributed by atoms with E-state index in [2.05, 4.69) is 15.9 Å². The van der Waals surface area contributed by atoms with E-state index in [1.54, 1.807) is 0 Å². The van der Waals surface area contributed by atoms with Crippen LogP contribution in [-0.4, -0.2) is 28.8 Å². The number of nitrogens with zero attached hydrogens (tertiary/aromatic N) is 2. The zero-order valence-electron chi connectivity index (χ0n) is 17.2. The van der Waals surface area contributed by atoms with Crippen LogP contribution < -0.4 is 9.47 Å². The van der Waals surface area contributed by atoms with Gasteiger partial charge in [0.25, 0.3) is 0 Å². The number of aromatic hydroxyl groups is 1. The van der Waals surface area contributed by atoms with Crippen molar-refractivity contribution in [3.05, 3.63) is 53.7 Å². The topological polar surface area (TPSA) is 64.5 Å². The van der Waals surface area contributed by atoms with Gasteiger partial charge < -0.3 is 14.6 Å². The van der Waals surface area contributed by atoms with Crippen LogP contribution in [0.4, 0.5) is 8.78 Å². The predicted molar refractivity (Wildman–Crippen MR) is 117 cm³/mol. The fourth-order valence-electron chi connectivity index (χ4n) is 3.80. The van der Waals surface area contributed by atoms with Gasteiger partial charge in [-0.05, 0) is 54.0 Å². The molecule has 1 aliphatic carbocycles. The minimum absolute atomic E-state index is 0.00202. The Kier molecular flexibility index (Phi) is 4.78. The summed E-state index contributed by atoms with van der Waals surface area (Å²) in [5, 5.41) is 11.5. The smallest absolute Gasteiger partial charge is 0.316 e. The Hall–Kier alpha value is -3.92. The average Bonchev–Trinajstić information content (AvgIpc) is 3.63. The van der Waals surface area contributed by atoms with Gasteiger partial charge in [-0.15, -0.1) is 6.42 Å². The molecule has 3 aromatic carbocycles. The number of rotatable bonds is 5. The van der Waals surface area contributed by atoms with Gasteiger partial charge in [-0.3, -0.25) is 0 Å². The monoisotopic (exact) mass is 432 g/mol. The number of aromatic nitrogens is 2. The van der Waals surface area contributed by atoms with E-state index in [0.29, 0.717) is 34.4 Å². The molecule has 0 spiro atoms. The molecule has 160 valence electrons. The lowest BCUT2D eigenvalue weighted by Gasteiger charge is -2.16. The first-order valence-electron chi connectivity index (χ1n) is 10.1. The van der Waals surface area contributed by atoms with Crippen LogP contribution >= 0.6 is 0 Å². The van der Waals surface area contributed by atoms with Gasteiger partial charge in [-0.1, -0.05) is 12.0 Å². The third-order valence-corrected chi connectivity index (χ3v) is 5.59. The second-order valence-electron chi connectivity index (χ2n) is 7.77. The number of halogens is 2. The van der Waals surface area contributed by atoms with Gasteiger partial charge in [0, 0.05) is 17.1 Å². The summed E-state index contributed by atoms with van der Waals surface area (Å²) in [6.45, 7) is 0.483. The molecule has 1 aromatic heterocycles. The van der Waals surface area contributed by atoms with Crippen LogP contribution in [-0.2, 0) is 0 Å². The van der Waals surface area contributed by atoms with Gasteiger partial charge in [-0.2, -0.15) is 4.98 Å². The molecule has 0 radical (unpaired) electrons. The normalized spacial score (nSPS) is 13.3. The molecule has 0 bridgehead atoms. The lowest BCUT2D eigenvalue weighted by atomic mass is 9.93. The lowest BCUT2D eigenvalue weighted by molar-refractivity contribution is 0.303. The van der Waals surface area contributed by atoms with Crippen molar-refractivity contribution >= 4 is 21.7 Å². The summed E-state index contributed by atoms with van der Waals surface area (Å²) in [6, 6.07) is 7.04. The molecule has 0 aliphatic heterocycles. The highest BCUT2D eigenvalue weighted by atomic mass is 19.1. The van der Waals surface area contributed by atoms with E-state index < -0.39 is 11.6 Å². The SMILES string of the molecule is C#Cc1c(F)ccc2cc(O)cc(-c3cc(OCC4CC4)c4cnc(OC)nc4c3F)c12. The molecular weight excluding hydrogens is 414 g/mol. The van der Waals surface area contributed by atoms with Crippen LogP contribution in [0.1, 0.15) is 18.4 Å². The standard InChI is InChI=1S/C25H18F2N2O3/c1-3-16-20(26)7-6-14-8-15(30)9-17(22(14)16)18-10-21(32-12-13-4-5-13)19-11-28-25(31-2)29-24(19)23(18)27/h1,6-11,13,30H,4-5,12H2,2H3. The number of fused-ring (bicyclic) bond motifs is 2. The van der Waals surface area contributed by atoms with Crippen molar-refractivity contribution in [1.29, 1.82) is 0 Å². The van der Waals surface area contributed by atoms with Crippen LogP contribution in [0.15, 0.2) is 36.5 Å². The minimum atomic E-state index is -0.682. The van der Waals surface area contributed by atoms with Gasteiger partial charge in [0.2, 0.25) is 0 Å². The van der Waals surface area contributed by atoms with Gasteiger partial charge in [0.15, 0.2) is 5.82 Å². The predicted octanol–water partition coefficient (Wildman–Crippen LogP) is 5.21. The average molecular weight is 432 g/mol. The van der Waals surface area contributed by atoms with Gasteiger partial charge in [0.1, 0.15) is 22.8 Å². The Bertz CT molecular complexity index is 1430. The number of benzene rings is 3. The van der Waals surface area contributed by atoms with Gasteiger partial charge in [-0.25, -0.2) is 13.8 Å². The summed E-state index contributed by atoms with van der Waals surface area (Å²) < 4.78 is 41.4. The maximum atomic E-state index is 15.8. The summed E-state index contributed by atoms with van der Waals surface area (Å²) in [6.07, 6.45) is 9.19. The molecule has 5 nitrogen and oxygen atoms in total. The summed E-state index contributed by atoms with van der Waals surface area (Å²) in [5.41, 5.74) is 0.292. The molecule has 4 aromatic rings. The first kappa shape index (κ1) is 20.0. The fraction of sp³-hybridized carbons (Fsp3) is 0.200. The number of phenolic OH excluding ortho intramolecular Hbond substituents is 1. The zero-order valence-corrected chi connectivity index (χ0v) is 17.2. The molecule has 0 amide bonds. The third kappa shape index (κ3) is 3.34. The molecule has 0 saturated heterocycles. The second kappa shape index (κ2) is 7.65. The Labute approximate surface area is 182 Å². The first-order valence-corrected chi connectivity index (χ1v) is 10.1. The summed E-state index contributed by atoms with van der Waals surface area (Å²) in [4.78, 5) is 8.26.